The molecule has 0 aliphatic carbocycles. The van der Waals surface area contributed by atoms with Gasteiger partial charge in [0.15, 0.2) is 6.61 Å². The Morgan fingerprint density at radius 2 is 1.74 bits per heavy atom. The molecule has 2 rings (SSSR count). The van der Waals surface area contributed by atoms with Crippen molar-refractivity contribution < 1.29 is 19.1 Å². The Labute approximate surface area is 181 Å². The van der Waals surface area contributed by atoms with E-state index in [1.165, 1.54) is 17.9 Å². The first-order chi connectivity index (χ1) is 14.8. The highest BCUT2D eigenvalue weighted by molar-refractivity contribution is 6.00. The van der Waals surface area contributed by atoms with E-state index in [4.69, 9.17) is 10.00 Å². The molecular weight excluding hydrogens is 394 g/mol. The van der Waals surface area contributed by atoms with Gasteiger partial charge in [0, 0.05) is 19.2 Å². The van der Waals surface area contributed by atoms with Crippen LogP contribution in [0.25, 0.3) is 6.08 Å². The molecule has 31 heavy (non-hydrogen) atoms. The van der Waals surface area contributed by atoms with Crippen LogP contribution < -0.4 is 10.2 Å². The van der Waals surface area contributed by atoms with Crippen LogP contribution in [0.1, 0.15) is 30.0 Å². The molecule has 2 aromatic carbocycles. The molecule has 0 aromatic heterocycles. The summed E-state index contributed by atoms with van der Waals surface area (Å²) < 4.78 is 5.19. The topological polar surface area (TPSA) is 99.5 Å². The van der Waals surface area contributed by atoms with Gasteiger partial charge in [-0.1, -0.05) is 36.4 Å². The monoisotopic (exact) mass is 419 g/mol. The third-order valence-electron chi connectivity index (χ3n) is 4.23. The van der Waals surface area contributed by atoms with E-state index in [1.54, 1.807) is 24.3 Å². The van der Waals surface area contributed by atoms with Gasteiger partial charge in [-0.3, -0.25) is 9.59 Å². The third-order valence-corrected chi connectivity index (χ3v) is 4.23. The molecule has 0 radical (unpaired) electrons. The van der Waals surface area contributed by atoms with Gasteiger partial charge in [-0.2, -0.15) is 5.26 Å². The van der Waals surface area contributed by atoms with Crippen molar-refractivity contribution in [3.8, 4) is 6.07 Å². The summed E-state index contributed by atoms with van der Waals surface area (Å²) in [6.07, 6.45) is 1.61. The molecule has 0 bridgehead atoms. The quantitative estimate of drug-likeness (QED) is 0.523. The molecule has 7 nitrogen and oxygen atoms in total. The normalized spacial score (nSPS) is 10.7. The van der Waals surface area contributed by atoms with Gasteiger partial charge >= 0.3 is 5.97 Å². The van der Waals surface area contributed by atoms with E-state index in [9.17, 15) is 14.4 Å². The Hall–Kier alpha value is -3.92. The predicted octanol–water partition coefficient (Wildman–Crippen LogP) is 3.27. The van der Waals surface area contributed by atoms with Crippen molar-refractivity contribution >= 4 is 29.5 Å². The van der Waals surface area contributed by atoms with Crippen molar-refractivity contribution in [2.45, 2.75) is 27.2 Å². The molecule has 7 heteroatoms. The van der Waals surface area contributed by atoms with E-state index in [0.29, 0.717) is 11.3 Å². The minimum atomic E-state index is -0.826. The van der Waals surface area contributed by atoms with Crippen LogP contribution in [-0.4, -0.2) is 30.9 Å². The number of hydrogen-bond acceptors (Lipinski definition) is 5. The lowest BCUT2D eigenvalue weighted by Gasteiger charge is -2.23. The number of aryl methyl sites for hydroxylation is 2. The maximum absolute atomic E-state index is 12.8. The second-order valence-electron chi connectivity index (χ2n) is 7.03. The number of carbonyl (C=O) groups excluding carboxylic acids is 3. The molecule has 160 valence electrons. The molecule has 0 saturated carbocycles. The van der Waals surface area contributed by atoms with Gasteiger partial charge in [0.05, 0.1) is 12.5 Å². The zero-order valence-corrected chi connectivity index (χ0v) is 17.8. The van der Waals surface area contributed by atoms with E-state index in [1.807, 2.05) is 44.2 Å². The van der Waals surface area contributed by atoms with Crippen molar-refractivity contribution in [3.63, 3.8) is 0 Å². The summed E-state index contributed by atoms with van der Waals surface area (Å²) in [5.41, 5.74) is 3.21. The van der Waals surface area contributed by atoms with Crippen molar-refractivity contribution in [1.29, 1.82) is 5.26 Å². The molecule has 0 spiro atoms. The Kier molecular flexibility index (Phi) is 8.52. The summed E-state index contributed by atoms with van der Waals surface area (Å²) >= 11 is 0. The Balaban J connectivity index is 2.17. The largest absolute Gasteiger partial charge is 0.451 e. The number of hydrogen-bond donors (Lipinski definition) is 1. The van der Waals surface area contributed by atoms with Gasteiger partial charge in [0.25, 0.3) is 5.91 Å². The average molecular weight is 419 g/mol. The standard InChI is InChI=1S/C24H25N3O4/c1-17-12-18(2)14-21(13-17)27(11-7-10-25)23(29)16-31-24(30)22(26-19(3)28)15-20-8-5-4-6-9-20/h4-6,8-9,12-15H,7,11,16H2,1-3H3,(H,26,28)/b22-15-. The lowest BCUT2D eigenvalue weighted by molar-refractivity contribution is -0.144. The summed E-state index contributed by atoms with van der Waals surface area (Å²) in [5, 5.41) is 11.4. The van der Waals surface area contributed by atoms with E-state index >= 15 is 0 Å². The Morgan fingerprint density at radius 3 is 2.32 bits per heavy atom. The average Bonchev–Trinajstić information content (AvgIpc) is 2.71. The maximum atomic E-state index is 12.8. The highest BCUT2D eigenvalue weighted by Gasteiger charge is 2.20. The van der Waals surface area contributed by atoms with E-state index in [2.05, 4.69) is 5.32 Å². The van der Waals surface area contributed by atoms with Gasteiger partial charge < -0.3 is 15.0 Å². The third kappa shape index (κ3) is 7.44. The lowest BCUT2D eigenvalue weighted by atomic mass is 10.1. The highest BCUT2D eigenvalue weighted by atomic mass is 16.5. The molecule has 0 heterocycles. The number of nitrogens with one attached hydrogen (secondary N) is 1. The first-order valence-electron chi connectivity index (χ1n) is 9.77. The summed E-state index contributed by atoms with van der Waals surface area (Å²) in [7, 11) is 0. The second kappa shape index (κ2) is 11.3. The molecule has 0 fully saturated rings. The first kappa shape index (κ1) is 23.4. The zero-order chi connectivity index (χ0) is 22.8. The molecule has 2 amide bonds. The SMILES string of the molecule is CC(=O)N/C(=C\c1ccccc1)C(=O)OCC(=O)N(CCC#N)c1cc(C)cc(C)c1. The van der Waals surface area contributed by atoms with Crippen molar-refractivity contribution in [2.75, 3.05) is 18.1 Å². The Morgan fingerprint density at radius 1 is 1.10 bits per heavy atom. The fourth-order valence-corrected chi connectivity index (χ4v) is 3.00. The van der Waals surface area contributed by atoms with Crippen LogP contribution in [0.4, 0.5) is 5.69 Å². The maximum Gasteiger partial charge on any atom is 0.355 e. The number of carbonyl (C=O) groups is 3. The molecule has 0 saturated heterocycles. The number of nitrogens with zero attached hydrogens (tertiary/aromatic N) is 2. The predicted molar refractivity (Wildman–Crippen MR) is 118 cm³/mol. The van der Waals surface area contributed by atoms with Crippen LogP contribution in [0.5, 0.6) is 0 Å². The van der Waals surface area contributed by atoms with Crippen LogP contribution in [0, 0.1) is 25.2 Å². The molecule has 0 aliphatic rings. The van der Waals surface area contributed by atoms with Crippen LogP contribution in [0.15, 0.2) is 54.2 Å². The second-order valence-corrected chi connectivity index (χ2v) is 7.03. The van der Waals surface area contributed by atoms with E-state index in [0.717, 1.165) is 11.1 Å². The zero-order valence-electron chi connectivity index (χ0n) is 17.8. The van der Waals surface area contributed by atoms with Gasteiger partial charge in [0.2, 0.25) is 5.91 Å². The summed E-state index contributed by atoms with van der Waals surface area (Å²) in [5.74, 6) is -1.72. The molecule has 1 N–H and O–H groups in total. The van der Waals surface area contributed by atoms with Crippen LogP contribution in [0.2, 0.25) is 0 Å². The molecular formula is C24H25N3O4. The first-order valence-corrected chi connectivity index (χ1v) is 9.77. The van der Waals surface area contributed by atoms with Crippen molar-refractivity contribution in [1.82, 2.24) is 5.32 Å². The number of nitriles is 1. The number of amides is 2. The van der Waals surface area contributed by atoms with Crippen LogP contribution >= 0.6 is 0 Å². The number of rotatable bonds is 8. The fraction of sp³-hybridized carbons (Fsp3) is 0.250. The van der Waals surface area contributed by atoms with Crippen molar-refractivity contribution in [3.05, 3.63) is 70.9 Å². The van der Waals surface area contributed by atoms with Crippen molar-refractivity contribution in [2.24, 2.45) is 0 Å². The minimum absolute atomic E-state index is 0.0681. The molecule has 0 aliphatic heterocycles. The highest BCUT2D eigenvalue weighted by Crippen LogP contribution is 2.19. The lowest BCUT2D eigenvalue weighted by Crippen LogP contribution is -2.36. The fourth-order valence-electron chi connectivity index (χ4n) is 3.00. The van der Waals surface area contributed by atoms with Gasteiger partial charge in [-0.05, 0) is 48.7 Å². The number of ether oxygens (including phenoxy) is 1. The van der Waals surface area contributed by atoms with Gasteiger partial charge in [-0.15, -0.1) is 0 Å². The smallest absolute Gasteiger partial charge is 0.355 e. The van der Waals surface area contributed by atoms with Gasteiger partial charge in [-0.25, -0.2) is 4.79 Å². The number of anilines is 1. The molecule has 2 aromatic rings. The molecule has 0 atom stereocenters. The summed E-state index contributed by atoms with van der Waals surface area (Å²) in [6, 6.07) is 16.6. The minimum Gasteiger partial charge on any atom is -0.451 e. The number of esters is 1. The summed E-state index contributed by atoms with van der Waals surface area (Å²) in [6.45, 7) is 4.76. The number of benzene rings is 2. The Bertz CT molecular complexity index is 1000. The van der Waals surface area contributed by atoms with E-state index < -0.39 is 24.4 Å². The van der Waals surface area contributed by atoms with E-state index in [-0.39, 0.29) is 18.7 Å². The molecule has 0 unspecified atom stereocenters. The summed E-state index contributed by atoms with van der Waals surface area (Å²) in [4.78, 5) is 38.3. The van der Waals surface area contributed by atoms with Crippen LogP contribution in [-0.2, 0) is 19.1 Å². The van der Waals surface area contributed by atoms with Crippen LogP contribution in [0.3, 0.4) is 0 Å². The van der Waals surface area contributed by atoms with Gasteiger partial charge in [0.1, 0.15) is 5.70 Å².